The second kappa shape index (κ2) is 70.6. The van der Waals surface area contributed by atoms with E-state index >= 15 is 0 Å². The summed E-state index contributed by atoms with van der Waals surface area (Å²) in [5.74, 6) is -0.847. The highest BCUT2D eigenvalue weighted by molar-refractivity contribution is 5.71. The number of unbranched alkanes of at least 4 members (excludes halogenated alkanes) is 46. The monoisotopic (exact) mass is 1150 g/mol. The van der Waals surface area contributed by atoms with Crippen molar-refractivity contribution >= 4 is 17.9 Å². The predicted molar refractivity (Wildman–Crippen MR) is 358 cm³/mol. The van der Waals surface area contributed by atoms with Gasteiger partial charge in [-0.25, -0.2) is 0 Å². The summed E-state index contributed by atoms with van der Waals surface area (Å²) in [6.45, 7) is 6.60. The molecular weight excluding hydrogens is 1010 g/mol. The van der Waals surface area contributed by atoms with E-state index in [1.807, 2.05) is 0 Å². The molecule has 0 aliphatic carbocycles. The molecule has 0 saturated heterocycles. The SMILES string of the molecule is CC/C=C\C/C=C\C/C=C\C/C=C\CCCCCCCCCCCCCCCCC(=O)OCC(COC(=O)CCCCCCCCC/C=C\CCCCCCCCC)OC(=O)CCCCCCCCCCCCCCCCCCCCC. The highest BCUT2D eigenvalue weighted by Crippen LogP contribution is 2.18. The Morgan fingerprint density at radius 1 is 0.256 bits per heavy atom. The first-order valence-electron chi connectivity index (χ1n) is 36.3. The van der Waals surface area contributed by atoms with E-state index in [1.54, 1.807) is 0 Å². The molecule has 0 radical (unpaired) electrons. The first-order valence-corrected chi connectivity index (χ1v) is 36.3. The fourth-order valence-corrected chi connectivity index (χ4v) is 10.8. The van der Waals surface area contributed by atoms with Gasteiger partial charge in [-0.05, 0) is 83.5 Å². The molecule has 82 heavy (non-hydrogen) atoms. The summed E-state index contributed by atoms with van der Waals surface area (Å²) in [7, 11) is 0. The van der Waals surface area contributed by atoms with Gasteiger partial charge in [0.2, 0.25) is 0 Å². The van der Waals surface area contributed by atoms with E-state index in [4.69, 9.17) is 14.2 Å². The van der Waals surface area contributed by atoms with Crippen LogP contribution in [0.3, 0.4) is 0 Å². The van der Waals surface area contributed by atoms with E-state index in [9.17, 15) is 14.4 Å². The van der Waals surface area contributed by atoms with Gasteiger partial charge in [-0.2, -0.15) is 0 Å². The molecule has 6 nitrogen and oxygen atoms in total. The number of ether oxygens (including phenoxy) is 3. The Kier molecular flexibility index (Phi) is 68.1. The third-order valence-corrected chi connectivity index (χ3v) is 16.3. The van der Waals surface area contributed by atoms with Crippen LogP contribution in [0, 0.1) is 0 Å². The third-order valence-electron chi connectivity index (χ3n) is 16.3. The van der Waals surface area contributed by atoms with Crippen molar-refractivity contribution in [2.75, 3.05) is 13.2 Å². The van der Waals surface area contributed by atoms with Crippen molar-refractivity contribution in [2.45, 2.75) is 393 Å². The molecule has 0 aliphatic rings. The van der Waals surface area contributed by atoms with Gasteiger partial charge < -0.3 is 14.2 Å². The number of rotatable bonds is 67. The minimum absolute atomic E-state index is 0.0707. The van der Waals surface area contributed by atoms with Gasteiger partial charge >= 0.3 is 17.9 Å². The van der Waals surface area contributed by atoms with Crippen molar-refractivity contribution in [3.05, 3.63) is 60.8 Å². The van der Waals surface area contributed by atoms with Crippen LogP contribution in [0.1, 0.15) is 387 Å². The van der Waals surface area contributed by atoms with Crippen LogP contribution in [-0.2, 0) is 28.6 Å². The first-order chi connectivity index (χ1) is 40.5. The van der Waals surface area contributed by atoms with E-state index in [0.717, 1.165) is 83.5 Å². The van der Waals surface area contributed by atoms with Crippen LogP contribution in [-0.4, -0.2) is 37.2 Å². The standard InChI is InChI=1S/C76H138O6/c1-4-7-10-13-16-19-22-25-28-31-34-35-36-37-38-39-40-41-43-45-48-51-54-57-60-63-66-69-75(78)81-72-73(71-80-74(77)68-65-62-59-56-53-50-47-44-33-30-27-24-21-18-15-12-9-6-3)82-76(79)70-67-64-61-58-55-52-49-46-42-32-29-26-23-20-17-14-11-8-5-2/h7,10,16,19,25,28,30,33-35,73H,4-6,8-9,11-15,17-18,20-24,26-27,29,31-32,36-72H2,1-3H3/b10-7-,19-16-,28-25-,33-30-,35-34-. The van der Waals surface area contributed by atoms with Gasteiger partial charge in [-0.15, -0.1) is 0 Å². The van der Waals surface area contributed by atoms with Crippen molar-refractivity contribution in [3.63, 3.8) is 0 Å². The van der Waals surface area contributed by atoms with Gasteiger partial charge in [0.25, 0.3) is 0 Å². The van der Waals surface area contributed by atoms with Gasteiger partial charge in [0, 0.05) is 19.3 Å². The molecule has 478 valence electrons. The first kappa shape index (κ1) is 79.1. The molecule has 0 saturated carbocycles. The van der Waals surface area contributed by atoms with Gasteiger partial charge in [-0.1, -0.05) is 345 Å². The molecule has 0 N–H and O–H groups in total. The Morgan fingerprint density at radius 2 is 0.476 bits per heavy atom. The lowest BCUT2D eigenvalue weighted by molar-refractivity contribution is -0.167. The zero-order valence-corrected chi connectivity index (χ0v) is 55.0. The molecule has 0 aromatic heterocycles. The smallest absolute Gasteiger partial charge is 0.306 e. The highest BCUT2D eigenvalue weighted by Gasteiger charge is 2.19. The van der Waals surface area contributed by atoms with Crippen molar-refractivity contribution in [2.24, 2.45) is 0 Å². The summed E-state index contributed by atoms with van der Waals surface area (Å²) in [5.41, 5.74) is 0. The molecular formula is C76H138O6. The van der Waals surface area contributed by atoms with Gasteiger partial charge in [0.05, 0.1) is 0 Å². The van der Waals surface area contributed by atoms with Crippen LogP contribution in [0.4, 0.5) is 0 Å². The number of esters is 3. The van der Waals surface area contributed by atoms with Crippen molar-refractivity contribution in [3.8, 4) is 0 Å². The van der Waals surface area contributed by atoms with Gasteiger partial charge in [0.1, 0.15) is 13.2 Å². The average Bonchev–Trinajstić information content (AvgIpc) is 3.47. The minimum atomic E-state index is -0.775. The second-order valence-electron chi connectivity index (χ2n) is 24.5. The summed E-state index contributed by atoms with van der Waals surface area (Å²) in [6.07, 6.45) is 91.0. The Labute approximate surface area is 510 Å². The van der Waals surface area contributed by atoms with Crippen LogP contribution >= 0.6 is 0 Å². The summed E-state index contributed by atoms with van der Waals surface area (Å²) in [5, 5.41) is 0. The number of allylic oxidation sites excluding steroid dienone is 10. The molecule has 0 aromatic rings. The highest BCUT2D eigenvalue weighted by atomic mass is 16.6. The molecule has 1 atom stereocenters. The van der Waals surface area contributed by atoms with Crippen LogP contribution in [0.2, 0.25) is 0 Å². The Hall–Kier alpha value is -2.89. The largest absolute Gasteiger partial charge is 0.462 e. The van der Waals surface area contributed by atoms with E-state index in [1.165, 1.54) is 263 Å². The maximum Gasteiger partial charge on any atom is 0.306 e. The molecule has 0 spiro atoms. The Bertz CT molecular complexity index is 1460. The molecule has 0 heterocycles. The predicted octanol–water partition coefficient (Wildman–Crippen LogP) is 25.1. The number of hydrogen-bond acceptors (Lipinski definition) is 6. The fraction of sp³-hybridized carbons (Fsp3) is 0.829. The molecule has 0 aliphatic heterocycles. The zero-order valence-electron chi connectivity index (χ0n) is 55.0. The van der Waals surface area contributed by atoms with Gasteiger partial charge in [-0.3, -0.25) is 14.4 Å². The molecule has 6 heteroatoms. The fourth-order valence-electron chi connectivity index (χ4n) is 10.8. The van der Waals surface area contributed by atoms with Crippen LogP contribution in [0.15, 0.2) is 60.8 Å². The zero-order chi connectivity index (χ0) is 59.2. The second-order valence-corrected chi connectivity index (χ2v) is 24.5. The summed E-state index contributed by atoms with van der Waals surface area (Å²) in [6, 6.07) is 0. The van der Waals surface area contributed by atoms with Gasteiger partial charge in [0.15, 0.2) is 6.10 Å². The van der Waals surface area contributed by atoms with E-state index in [-0.39, 0.29) is 31.1 Å². The minimum Gasteiger partial charge on any atom is -0.462 e. The quantitative estimate of drug-likeness (QED) is 0.0261. The lowest BCUT2D eigenvalue weighted by Crippen LogP contribution is -2.30. The molecule has 0 aromatic carbocycles. The Morgan fingerprint density at radius 3 is 0.756 bits per heavy atom. The van der Waals surface area contributed by atoms with Crippen LogP contribution in [0.25, 0.3) is 0 Å². The molecule has 0 rings (SSSR count). The van der Waals surface area contributed by atoms with Crippen LogP contribution < -0.4 is 0 Å². The maximum atomic E-state index is 13.0. The topological polar surface area (TPSA) is 78.9 Å². The Balaban J connectivity index is 4.29. The lowest BCUT2D eigenvalue weighted by Gasteiger charge is -2.18. The van der Waals surface area contributed by atoms with Crippen molar-refractivity contribution < 1.29 is 28.6 Å². The molecule has 0 fully saturated rings. The van der Waals surface area contributed by atoms with E-state index < -0.39 is 6.10 Å². The maximum absolute atomic E-state index is 13.0. The van der Waals surface area contributed by atoms with E-state index in [2.05, 4.69) is 81.5 Å². The summed E-state index contributed by atoms with van der Waals surface area (Å²) < 4.78 is 17.0. The molecule has 1 unspecified atom stereocenters. The number of hydrogen-bond donors (Lipinski definition) is 0. The summed E-state index contributed by atoms with van der Waals surface area (Å²) >= 11 is 0. The molecule has 0 bridgehead atoms. The summed E-state index contributed by atoms with van der Waals surface area (Å²) in [4.78, 5) is 38.5. The third kappa shape index (κ3) is 67.9. The number of carbonyl (C=O) groups excluding carboxylic acids is 3. The average molecular weight is 1150 g/mol. The van der Waals surface area contributed by atoms with Crippen molar-refractivity contribution in [1.29, 1.82) is 0 Å². The van der Waals surface area contributed by atoms with Crippen LogP contribution in [0.5, 0.6) is 0 Å². The van der Waals surface area contributed by atoms with E-state index in [0.29, 0.717) is 19.3 Å². The number of carbonyl (C=O) groups is 3. The van der Waals surface area contributed by atoms with Crippen molar-refractivity contribution in [1.82, 2.24) is 0 Å². The molecule has 0 amide bonds. The lowest BCUT2D eigenvalue weighted by atomic mass is 10.0. The normalized spacial score (nSPS) is 12.4.